The molecule has 6 nitrogen and oxygen atoms in total. The molecular formula is C5H9F3N2O4S. The standard InChI is InChI=1S/C5H9F3N2O4S/c6-5(7,8)4(11)14-3-1-2-10-15(9,12)13/h10H,1-3H2,(H2,9,12,13). The van der Waals surface area contributed by atoms with Crippen LogP contribution in [0.4, 0.5) is 13.2 Å². The van der Waals surface area contributed by atoms with E-state index in [4.69, 9.17) is 0 Å². The lowest BCUT2D eigenvalue weighted by molar-refractivity contribution is -0.199. The van der Waals surface area contributed by atoms with Gasteiger partial charge in [-0.1, -0.05) is 0 Å². The highest BCUT2D eigenvalue weighted by Gasteiger charge is 2.40. The predicted molar refractivity (Wildman–Crippen MR) is 42.7 cm³/mol. The van der Waals surface area contributed by atoms with Gasteiger partial charge < -0.3 is 4.74 Å². The van der Waals surface area contributed by atoms with Gasteiger partial charge in [-0.05, 0) is 6.42 Å². The first-order valence-electron chi connectivity index (χ1n) is 3.64. The summed E-state index contributed by atoms with van der Waals surface area (Å²) in [4.78, 5) is 10.1. The van der Waals surface area contributed by atoms with Gasteiger partial charge in [-0.25, -0.2) is 14.7 Å². The van der Waals surface area contributed by atoms with E-state index in [0.29, 0.717) is 0 Å². The SMILES string of the molecule is NS(=O)(=O)NCCCOC(=O)C(F)(F)F. The number of rotatable bonds is 5. The van der Waals surface area contributed by atoms with Gasteiger partial charge in [-0.15, -0.1) is 0 Å². The van der Waals surface area contributed by atoms with Crippen LogP contribution in [0.15, 0.2) is 0 Å². The van der Waals surface area contributed by atoms with Crippen molar-refractivity contribution in [3.05, 3.63) is 0 Å². The Balaban J connectivity index is 3.61. The fourth-order valence-corrected chi connectivity index (χ4v) is 0.962. The van der Waals surface area contributed by atoms with Gasteiger partial charge in [0.05, 0.1) is 6.61 Å². The Morgan fingerprint density at radius 1 is 1.40 bits per heavy atom. The van der Waals surface area contributed by atoms with E-state index in [0.717, 1.165) is 0 Å². The summed E-state index contributed by atoms with van der Waals surface area (Å²) in [7, 11) is -3.87. The molecule has 0 unspecified atom stereocenters. The second-order valence-electron chi connectivity index (χ2n) is 2.43. The van der Waals surface area contributed by atoms with Crippen LogP contribution in [0.5, 0.6) is 0 Å². The minimum atomic E-state index is -5.03. The zero-order valence-electron chi connectivity index (χ0n) is 7.37. The van der Waals surface area contributed by atoms with Crippen molar-refractivity contribution in [2.75, 3.05) is 13.2 Å². The molecule has 0 radical (unpaired) electrons. The molecule has 0 spiro atoms. The van der Waals surface area contributed by atoms with Gasteiger partial charge in [0.25, 0.3) is 10.2 Å². The molecule has 0 aliphatic carbocycles. The van der Waals surface area contributed by atoms with E-state index in [1.807, 2.05) is 4.72 Å². The Hall–Kier alpha value is -0.870. The van der Waals surface area contributed by atoms with Crippen LogP contribution >= 0.6 is 0 Å². The van der Waals surface area contributed by atoms with E-state index in [2.05, 4.69) is 9.88 Å². The number of nitrogens with two attached hydrogens (primary N) is 1. The van der Waals surface area contributed by atoms with E-state index in [9.17, 15) is 26.4 Å². The summed E-state index contributed by atoms with van der Waals surface area (Å²) < 4.78 is 60.8. The molecule has 0 saturated carbocycles. The van der Waals surface area contributed by atoms with Crippen LogP contribution in [0.1, 0.15) is 6.42 Å². The summed E-state index contributed by atoms with van der Waals surface area (Å²) in [6, 6.07) is 0. The van der Waals surface area contributed by atoms with Crippen LogP contribution in [0.3, 0.4) is 0 Å². The highest BCUT2D eigenvalue weighted by molar-refractivity contribution is 7.87. The second kappa shape index (κ2) is 5.28. The van der Waals surface area contributed by atoms with Gasteiger partial charge in [0, 0.05) is 6.54 Å². The molecule has 0 aromatic rings. The van der Waals surface area contributed by atoms with Crippen molar-refractivity contribution in [3.63, 3.8) is 0 Å². The number of hydrogen-bond acceptors (Lipinski definition) is 4. The van der Waals surface area contributed by atoms with Crippen LogP contribution in [0.25, 0.3) is 0 Å². The van der Waals surface area contributed by atoms with Crippen molar-refractivity contribution in [1.82, 2.24) is 4.72 Å². The fraction of sp³-hybridized carbons (Fsp3) is 0.800. The number of carbonyl (C=O) groups is 1. The number of hydrogen-bond donors (Lipinski definition) is 2. The number of alkyl halides is 3. The molecule has 15 heavy (non-hydrogen) atoms. The van der Waals surface area contributed by atoms with E-state index in [1.54, 1.807) is 0 Å². The summed E-state index contributed by atoms with van der Waals surface area (Å²) in [6.07, 6.45) is -5.13. The Bertz CT molecular complexity index is 313. The summed E-state index contributed by atoms with van der Waals surface area (Å²) in [5.74, 6) is -2.31. The van der Waals surface area contributed by atoms with Crippen molar-refractivity contribution in [1.29, 1.82) is 0 Å². The normalized spacial score (nSPS) is 12.5. The molecule has 0 rings (SSSR count). The van der Waals surface area contributed by atoms with Crippen LogP contribution in [-0.2, 0) is 19.7 Å². The molecule has 0 atom stereocenters. The molecule has 0 fully saturated rings. The molecule has 0 aliphatic heterocycles. The first kappa shape index (κ1) is 14.1. The molecule has 0 aromatic heterocycles. The maximum atomic E-state index is 11.5. The van der Waals surface area contributed by atoms with Gasteiger partial charge in [-0.2, -0.15) is 21.6 Å². The van der Waals surface area contributed by atoms with Gasteiger partial charge in [0.15, 0.2) is 0 Å². The third-order valence-electron chi connectivity index (χ3n) is 1.09. The van der Waals surface area contributed by atoms with Gasteiger partial charge >= 0.3 is 12.1 Å². The summed E-state index contributed by atoms with van der Waals surface area (Å²) in [6.45, 7) is -0.745. The molecule has 3 N–H and O–H groups in total. The molecule has 0 aliphatic rings. The number of halogens is 3. The van der Waals surface area contributed by atoms with E-state index in [1.165, 1.54) is 0 Å². The average molecular weight is 250 g/mol. The molecule has 0 aromatic carbocycles. The van der Waals surface area contributed by atoms with Crippen molar-refractivity contribution < 1.29 is 31.1 Å². The minimum absolute atomic E-state index is 0.0990. The zero-order valence-corrected chi connectivity index (χ0v) is 8.19. The quantitative estimate of drug-likeness (QED) is 0.496. The second-order valence-corrected chi connectivity index (χ2v) is 3.81. The number of esters is 1. The van der Waals surface area contributed by atoms with Crippen molar-refractivity contribution in [3.8, 4) is 0 Å². The van der Waals surface area contributed by atoms with Crippen LogP contribution in [-0.4, -0.2) is 33.7 Å². The molecule has 0 saturated heterocycles. The van der Waals surface area contributed by atoms with E-state index >= 15 is 0 Å². The van der Waals surface area contributed by atoms with Gasteiger partial charge in [0.2, 0.25) is 0 Å². The maximum Gasteiger partial charge on any atom is 0.490 e. The monoisotopic (exact) mass is 250 g/mol. The zero-order chi connectivity index (χ0) is 12.1. The smallest absolute Gasteiger partial charge is 0.459 e. The first-order valence-corrected chi connectivity index (χ1v) is 5.19. The molecular weight excluding hydrogens is 241 g/mol. The molecule has 0 bridgehead atoms. The van der Waals surface area contributed by atoms with Crippen molar-refractivity contribution in [2.45, 2.75) is 12.6 Å². The molecule has 10 heteroatoms. The van der Waals surface area contributed by atoms with Crippen molar-refractivity contribution >= 4 is 16.2 Å². The Kier molecular flexibility index (Phi) is 4.97. The lowest BCUT2D eigenvalue weighted by atomic mass is 10.5. The third kappa shape index (κ3) is 8.15. The van der Waals surface area contributed by atoms with Crippen molar-refractivity contribution in [2.24, 2.45) is 5.14 Å². The first-order chi connectivity index (χ1) is 6.63. The minimum Gasteiger partial charge on any atom is -0.459 e. The molecule has 0 amide bonds. The summed E-state index contributed by atoms with van der Waals surface area (Å²) in [5.41, 5.74) is 0. The topological polar surface area (TPSA) is 98.5 Å². The molecule has 90 valence electrons. The highest BCUT2D eigenvalue weighted by atomic mass is 32.2. The Morgan fingerprint density at radius 3 is 2.33 bits per heavy atom. The molecule has 0 heterocycles. The summed E-state index contributed by atoms with van der Waals surface area (Å²) >= 11 is 0. The predicted octanol–water partition coefficient (Wildman–Crippen LogP) is -0.725. The van der Waals surface area contributed by atoms with E-state index in [-0.39, 0.29) is 13.0 Å². The Labute approximate surface area is 83.8 Å². The summed E-state index contributed by atoms with van der Waals surface area (Å²) in [5, 5.41) is 4.52. The van der Waals surface area contributed by atoms with Crippen LogP contribution < -0.4 is 9.86 Å². The average Bonchev–Trinajstić information content (AvgIpc) is 1.99. The number of nitrogens with one attached hydrogen (secondary N) is 1. The lowest BCUT2D eigenvalue weighted by Gasteiger charge is -2.06. The third-order valence-corrected chi connectivity index (χ3v) is 1.70. The number of ether oxygens (including phenoxy) is 1. The highest BCUT2D eigenvalue weighted by Crippen LogP contribution is 2.16. The maximum absolute atomic E-state index is 11.5. The largest absolute Gasteiger partial charge is 0.490 e. The van der Waals surface area contributed by atoms with Crippen LogP contribution in [0, 0.1) is 0 Å². The van der Waals surface area contributed by atoms with Crippen LogP contribution in [0.2, 0.25) is 0 Å². The van der Waals surface area contributed by atoms with Gasteiger partial charge in [-0.3, -0.25) is 0 Å². The van der Waals surface area contributed by atoms with E-state index < -0.39 is 29.0 Å². The van der Waals surface area contributed by atoms with Gasteiger partial charge in [0.1, 0.15) is 0 Å². The fourth-order valence-electron chi connectivity index (χ4n) is 0.533. The lowest BCUT2D eigenvalue weighted by Crippen LogP contribution is -2.32. The Morgan fingerprint density at radius 2 is 1.93 bits per heavy atom. The number of carbonyl (C=O) groups excluding carboxylic acids is 1.